The highest BCUT2D eigenvalue weighted by Crippen LogP contribution is 2.10. The fourth-order valence-electron chi connectivity index (χ4n) is 1.95. The third-order valence-corrected chi connectivity index (χ3v) is 2.80. The van der Waals surface area contributed by atoms with Crippen LogP contribution in [-0.4, -0.2) is 32.4 Å². The number of fused-ring (bicyclic) bond motifs is 1. The molecule has 2 rings (SSSR count). The number of pyridine rings is 1. The van der Waals surface area contributed by atoms with E-state index in [1.807, 2.05) is 25.3 Å². The lowest BCUT2D eigenvalue weighted by molar-refractivity contribution is 0.161. The molecule has 2 N–H and O–H groups in total. The van der Waals surface area contributed by atoms with Gasteiger partial charge in [-0.2, -0.15) is 4.98 Å². The lowest BCUT2D eigenvalue weighted by atomic mass is 10.1. The molecule has 0 spiro atoms. The number of hydrogen-bond acceptors (Lipinski definition) is 4. The van der Waals surface area contributed by atoms with Gasteiger partial charge in [0.25, 0.3) is 0 Å². The van der Waals surface area contributed by atoms with Gasteiger partial charge >= 0.3 is 0 Å². The van der Waals surface area contributed by atoms with Crippen molar-refractivity contribution < 1.29 is 5.11 Å². The lowest BCUT2D eigenvalue weighted by Crippen LogP contribution is -2.21. The molecule has 2 aromatic heterocycles. The van der Waals surface area contributed by atoms with Gasteiger partial charge in [0.05, 0.1) is 6.10 Å². The van der Waals surface area contributed by atoms with E-state index >= 15 is 0 Å². The number of rotatable bonds is 5. The molecule has 0 aliphatic carbocycles. The Morgan fingerprint density at radius 2 is 2.22 bits per heavy atom. The summed E-state index contributed by atoms with van der Waals surface area (Å²) in [6, 6.07) is 3.94. The van der Waals surface area contributed by atoms with Crippen molar-refractivity contribution in [3.63, 3.8) is 0 Å². The minimum atomic E-state index is -0.363. The average molecular weight is 248 g/mol. The van der Waals surface area contributed by atoms with Crippen molar-refractivity contribution in [1.29, 1.82) is 0 Å². The fraction of sp³-hybridized carbons (Fsp3) is 0.538. The molecule has 1 unspecified atom stereocenters. The van der Waals surface area contributed by atoms with Gasteiger partial charge in [-0.05, 0) is 30.9 Å². The standard InChI is InChI=1S/C13H20N4O/c1-9(2)7-11(18)8-14-13-15-12-10(3)5-4-6-17(12)16-13/h4-6,9,11,18H,7-8H2,1-3H3,(H,14,16). The normalized spacial score (nSPS) is 13.2. The maximum absolute atomic E-state index is 9.79. The molecule has 0 saturated heterocycles. The van der Waals surface area contributed by atoms with Crippen LogP contribution in [0.25, 0.3) is 5.65 Å². The number of aromatic nitrogens is 3. The predicted molar refractivity (Wildman–Crippen MR) is 71.7 cm³/mol. The Kier molecular flexibility index (Phi) is 3.81. The van der Waals surface area contributed by atoms with Crippen molar-refractivity contribution in [2.75, 3.05) is 11.9 Å². The Hall–Kier alpha value is -1.62. The SMILES string of the molecule is Cc1cccn2nc(NCC(O)CC(C)C)nc12. The second-order valence-electron chi connectivity index (χ2n) is 5.06. The largest absolute Gasteiger partial charge is 0.391 e. The second kappa shape index (κ2) is 5.35. The molecule has 5 nitrogen and oxygen atoms in total. The molecule has 5 heteroatoms. The van der Waals surface area contributed by atoms with Gasteiger partial charge in [-0.25, -0.2) is 4.52 Å². The van der Waals surface area contributed by atoms with Gasteiger partial charge in [-0.15, -0.1) is 5.10 Å². The first kappa shape index (κ1) is 12.8. The van der Waals surface area contributed by atoms with Gasteiger partial charge in [-0.1, -0.05) is 19.9 Å². The Bertz CT molecular complexity index is 521. The molecular formula is C13H20N4O. The van der Waals surface area contributed by atoms with Crippen LogP contribution in [-0.2, 0) is 0 Å². The van der Waals surface area contributed by atoms with Gasteiger partial charge in [0.15, 0.2) is 5.65 Å². The van der Waals surface area contributed by atoms with Crippen LogP contribution in [0.4, 0.5) is 5.95 Å². The summed E-state index contributed by atoms with van der Waals surface area (Å²) in [6.45, 7) is 6.67. The van der Waals surface area contributed by atoms with Crippen LogP contribution in [0, 0.1) is 12.8 Å². The van der Waals surface area contributed by atoms with Crippen LogP contribution in [0.3, 0.4) is 0 Å². The van der Waals surface area contributed by atoms with Gasteiger partial charge in [0.1, 0.15) is 0 Å². The quantitative estimate of drug-likeness (QED) is 0.847. The number of nitrogens with one attached hydrogen (secondary N) is 1. The minimum absolute atomic E-state index is 0.363. The second-order valence-corrected chi connectivity index (χ2v) is 5.06. The third kappa shape index (κ3) is 2.98. The molecule has 0 fully saturated rings. The molecule has 0 radical (unpaired) electrons. The molecule has 0 aliphatic rings. The van der Waals surface area contributed by atoms with Crippen LogP contribution in [0.1, 0.15) is 25.8 Å². The van der Waals surface area contributed by atoms with E-state index in [0.29, 0.717) is 18.4 Å². The fourth-order valence-corrected chi connectivity index (χ4v) is 1.95. The van der Waals surface area contributed by atoms with Crippen molar-refractivity contribution in [3.05, 3.63) is 23.9 Å². The van der Waals surface area contributed by atoms with Crippen molar-refractivity contribution in [2.24, 2.45) is 5.92 Å². The number of aryl methyl sites for hydroxylation is 1. The minimum Gasteiger partial charge on any atom is -0.391 e. The first-order valence-electron chi connectivity index (χ1n) is 6.30. The molecule has 0 saturated carbocycles. The zero-order valence-corrected chi connectivity index (χ0v) is 11.1. The molecule has 0 aromatic carbocycles. The van der Waals surface area contributed by atoms with E-state index in [0.717, 1.165) is 17.6 Å². The molecule has 2 heterocycles. The molecular weight excluding hydrogens is 228 g/mol. The molecule has 18 heavy (non-hydrogen) atoms. The molecule has 0 amide bonds. The van der Waals surface area contributed by atoms with Gasteiger partial charge in [0, 0.05) is 12.7 Å². The maximum Gasteiger partial charge on any atom is 0.243 e. The highest BCUT2D eigenvalue weighted by molar-refractivity contribution is 5.49. The summed E-state index contributed by atoms with van der Waals surface area (Å²) in [5, 5.41) is 17.2. The van der Waals surface area contributed by atoms with Gasteiger partial charge in [0.2, 0.25) is 5.95 Å². The summed E-state index contributed by atoms with van der Waals surface area (Å²) in [7, 11) is 0. The Morgan fingerprint density at radius 1 is 1.44 bits per heavy atom. The van der Waals surface area contributed by atoms with E-state index in [1.54, 1.807) is 4.52 Å². The summed E-state index contributed by atoms with van der Waals surface area (Å²) < 4.78 is 1.74. The summed E-state index contributed by atoms with van der Waals surface area (Å²) in [4.78, 5) is 4.39. The van der Waals surface area contributed by atoms with Crippen molar-refractivity contribution in [1.82, 2.24) is 14.6 Å². The van der Waals surface area contributed by atoms with Gasteiger partial charge < -0.3 is 10.4 Å². The van der Waals surface area contributed by atoms with E-state index in [1.165, 1.54) is 0 Å². The van der Waals surface area contributed by atoms with Gasteiger partial charge in [-0.3, -0.25) is 0 Å². The van der Waals surface area contributed by atoms with E-state index in [2.05, 4.69) is 29.2 Å². The average Bonchev–Trinajstić information content (AvgIpc) is 2.70. The molecule has 98 valence electrons. The van der Waals surface area contributed by atoms with Crippen molar-refractivity contribution >= 4 is 11.6 Å². The smallest absolute Gasteiger partial charge is 0.243 e. The topological polar surface area (TPSA) is 62.5 Å². The monoisotopic (exact) mass is 248 g/mol. The maximum atomic E-state index is 9.79. The lowest BCUT2D eigenvalue weighted by Gasteiger charge is -2.12. The van der Waals surface area contributed by atoms with E-state index in [4.69, 9.17) is 0 Å². The van der Waals surface area contributed by atoms with Crippen LogP contribution in [0.2, 0.25) is 0 Å². The summed E-state index contributed by atoms with van der Waals surface area (Å²) >= 11 is 0. The number of nitrogens with zero attached hydrogens (tertiary/aromatic N) is 3. The first-order valence-corrected chi connectivity index (χ1v) is 6.30. The van der Waals surface area contributed by atoms with Crippen LogP contribution in [0.15, 0.2) is 18.3 Å². The molecule has 1 atom stereocenters. The predicted octanol–water partition coefficient (Wildman–Crippen LogP) is 1.86. The Morgan fingerprint density at radius 3 is 2.89 bits per heavy atom. The first-order chi connectivity index (χ1) is 8.56. The Balaban J connectivity index is 2.02. The van der Waals surface area contributed by atoms with E-state index < -0.39 is 0 Å². The summed E-state index contributed by atoms with van der Waals surface area (Å²) in [5.74, 6) is 1.05. The van der Waals surface area contributed by atoms with Crippen molar-refractivity contribution in [3.8, 4) is 0 Å². The molecule has 0 aliphatic heterocycles. The number of aliphatic hydroxyl groups excluding tert-OH is 1. The summed E-state index contributed by atoms with van der Waals surface area (Å²) in [5.41, 5.74) is 1.93. The zero-order chi connectivity index (χ0) is 13.1. The third-order valence-electron chi connectivity index (χ3n) is 2.80. The van der Waals surface area contributed by atoms with E-state index in [-0.39, 0.29) is 6.10 Å². The Labute approximate surface area is 107 Å². The molecule has 0 bridgehead atoms. The molecule has 2 aromatic rings. The van der Waals surface area contributed by atoms with Crippen LogP contribution >= 0.6 is 0 Å². The summed E-state index contributed by atoms with van der Waals surface area (Å²) in [6.07, 6.45) is 2.28. The highest BCUT2D eigenvalue weighted by Gasteiger charge is 2.09. The van der Waals surface area contributed by atoms with Crippen LogP contribution < -0.4 is 5.32 Å². The highest BCUT2D eigenvalue weighted by atomic mass is 16.3. The van der Waals surface area contributed by atoms with E-state index in [9.17, 15) is 5.11 Å². The van der Waals surface area contributed by atoms with Crippen molar-refractivity contribution in [2.45, 2.75) is 33.3 Å². The number of hydrogen-bond donors (Lipinski definition) is 2. The number of aliphatic hydroxyl groups is 1. The zero-order valence-electron chi connectivity index (χ0n) is 11.1. The number of anilines is 1. The van der Waals surface area contributed by atoms with Crippen LogP contribution in [0.5, 0.6) is 0 Å².